The molecule has 30 heavy (non-hydrogen) atoms. The molecule has 9 heteroatoms. The summed E-state index contributed by atoms with van der Waals surface area (Å²) in [6.07, 6.45) is 1.74. The molecule has 1 aromatic rings. The van der Waals surface area contributed by atoms with Gasteiger partial charge in [0.2, 0.25) is 0 Å². The number of esters is 1. The molecule has 1 saturated carbocycles. The van der Waals surface area contributed by atoms with Gasteiger partial charge < -0.3 is 15.4 Å². The van der Waals surface area contributed by atoms with E-state index in [-0.39, 0.29) is 24.7 Å². The van der Waals surface area contributed by atoms with E-state index in [1.54, 1.807) is 24.3 Å². The molecule has 0 aromatic heterocycles. The molecule has 1 aliphatic heterocycles. The highest BCUT2D eigenvalue weighted by atomic mass is 16.5. The number of hydrogen-bond acceptors (Lipinski definition) is 6. The van der Waals surface area contributed by atoms with Gasteiger partial charge in [0.25, 0.3) is 11.8 Å². The maximum Gasteiger partial charge on any atom is 0.325 e. The molecule has 1 spiro atoms. The van der Waals surface area contributed by atoms with E-state index in [1.807, 2.05) is 0 Å². The minimum atomic E-state index is -1.06. The summed E-state index contributed by atoms with van der Waals surface area (Å²) < 4.78 is 5.12. The van der Waals surface area contributed by atoms with Crippen LogP contribution in [0.25, 0.3) is 0 Å². The summed E-state index contributed by atoms with van der Waals surface area (Å²) in [5, 5.41) is 5.35. The molecule has 1 heterocycles. The van der Waals surface area contributed by atoms with E-state index in [1.165, 1.54) is 13.8 Å². The van der Waals surface area contributed by atoms with E-state index in [9.17, 15) is 24.0 Å². The number of carbonyl (C=O) groups excluding carboxylic acids is 5. The third kappa shape index (κ3) is 4.50. The normalized spacial score (nSPS) is 18.3. The molecule has 1 aromatic carbocycles. The second-order valence-corrected chi connectivity index (χ2v) is 7.68. The lowest BCUT2D eigenvalue weighted by Gasteiger charge is -2.20. The summed E-state index contributed by atoms with van der Waals surface area (Å²) in [5.41, 5.74) is 0.174. The van der Waals surface area contributed by atoms with Crippen molar-refractivity contribution < 1.29 is 28.7 Å². The van der Waals surface area contributed by atoms with Crippen LogP contribution >= 0.6 is 0 Å². The summed E-state index contributed by atoms with van der Waals surface area (Å²) in [4.78, 5) is 61.3. The molecule has 0 radical (unpaired) electrons. The summed E-state index contributed by atoms with van der Waals surface area (Å²) >= 11 is 0. The molecular weight excluding hydrogens is 390 g/mol. The van der Waals surface area contributed by atoms with Crippen LogP contribution in [0.4, 0.5) is 10.5 Å². The van der Waals surface area contributed by atoms with Gasteiger partial charge in [-0.2, -0.15) is 0 Å². The second kappa shape index (κ2) is 8.64. The van der Waals surface area contributed by atoms with Gasteiger partial charge in [-0.15, -0.1) is 0 Å². The molecule has 0 unspecified atom stereocenters. The minimum absolute atomic E-state index is 0.0841. The van der Waals surface area contributed by atoms with Gasteiger partial charge in [0.05, 0.1) is 6.42 Å². The van der Waals surface area contributed by atoms with Gasteiger partial charge in [0.1, 0.15) is 5.54 Å². The first-order valence-electron chi connectivity index (χ1n) is 9.97. The van der Waals surface area contributed by atoms with Crippen LogP contribution in [-0.4, -0.2) is 52.7 Å². The Morgan fingerprint density at radius 1 is 1.17 bits per heavy atom. The summed E-state index contributed by atoms with van der Waals surface area (Å²) in [6.45, 7) is 2.78. The van der Waals surface area contributed by atoms with E-state index in [0.717, 1.165) is 17.7 Å². The van der Waals surface area contributed by atoms with Crippen molar-refractivity contribution in [2.75, 3.05) is 11.9 Å². The number of ketones is 1. The number of carbonyl (C=O) groups is 5. The summed E-state index contributed by atoms with van der Waals surface area (Å²) in [5.74, 6) is -1.59. The van der Waals surface area contributed by atoms with Crippen LogP contribution < -0.4 is 10.6 Å². The number of ether oxygens (including phenoxy) is 1. The predicted octanol–water partition coefficient (Wildman–Crippen LogP) is 2.01. The fraction of sp³-hybridized carbons (Fsp3) is 0.476. The van der Waals surface area contributed by atoms with Gasteiger partial charge in [-0.3, -0.25) is 24.1 Å². The van der Waals surface area contributed by atoms with E-state index in [4.69, 9.17) is 4.74 Å². The van der Waals surface area contributed by atoms with Crippen LogP contribution in [0.5, 0.6) is 0 Å². The van der Waals surface area contributed by atoms with Crippen LogP contribution in [0.3, 0.4) is 0 Å². The van der Waals surface area contributed by atoms with E-state index >= 15 is 0 Å². The zero-order chi connectivity index (χ0) is 21.9. The molecule has 2 aliphatic rings. The lowest BCUT2D eigenvalue weighted by atomic mass is 9.98. The molecular formula is C21H25N3O6. The van der Waals surface area contributed by atoms with E-state index < -0.39 is 29.6 Å². The standard InChI is InChI=1S/C21H25N3O6/c1-13(25)15-5-7-16(8-6-15)22-18(27)14(2)30-17(26)9-12-24-19(28)21(23-20(24)29)10-3-4-11-21/h5-8,14H,3-4,9-12H2,1-2H3,(H,22,27)(H,23,29)/t14-/m0/s1. The first kappa shape index (κ1) is 21.5. The van der Waals surface area contributed by atoms with Gasteiger partial charge in [0, 0.05) is 17.8 Å². The minimum Gasteiger partial charge on any atom is -0.452 e. The number of urea groups is 1. The number of rotatable bonds is 7. The van der Waals surface area contributed by atoms with Crippen molar-refractivity contribution in [3.05, 3.63) is 29.8 Å². The Labute approximate surface area is 174 Å². The number of Topliss-reactive ketones (excluding diaryl/α,β-unsaturated/α-hetero) is 1. The largest absolute Gasteiger partial charge is 0.452 e. The second-order valence-electron chi connectivity index (χ2n) is 7.68. The first-order valence-corrected chi connectivity index (χ1v) is 9.97. The number of hydrogen-bond donors (Lipinski definition) is 2. The van der Waals surface area contributed by atoms with Crippen molar-refractivity contribution in [1.82, 2.24) is 10.2 Å². The Morgan fingerprint density at radius 2 is 1.80 bits per heavy atom. The first-order chi connectivity index (χ1) is 14.2. The lowest BCUT2D eigenvalue weighted by Crippen LogP contribution is -2.44. The zero-order valence-corrected chi connectivity index (χ0v) is 17.0. The molecule has 0 bridgehead atoms. The maximum atomic E-state index is 12.6. The van der Waals surface area contributed by atoms with Crippen LogP contribution in [0, 0.1) is 0 Å². The van der Waals surface area contributed by atoms with Gasteiger partial charge in [0.15, 0.2) is 11.9 Å². The molecule has 4 amide bonds. The Balaban J connectivity index is 1.47. The molecule has 1 saturated heterocycles. The third-order valence-electron chi connectivity index (χ3n) is 5.48. The zero-order valence-electron chi connectivity index (χ0n) is 17.0. The molecule has 160 valence electrons. The molecule has 1 aliphatic carbocycles. The molecule has 1 atom stereocenters. The van der Waals surface area contributed by atoms with Gasteiger partial charge in [-0.25, -0.2) is 4.79 Å². The number of nitrogens with zero attached hydrogens (tertiary/aromatic N) is 1. The number of benzene rings is 1. The Morgan fingerprint density at radius 3 is 2.40 bits per heavy atom. The highest BCUT2D eigenvalue weighted by Crippen LogP contribution is 2.35. The number of amides is 4. The maximum absolute atomic E-state index is 12.6. The Kier molecular flexibility index (Phi) is 6.19. The summed E-state index contributed by atoms with van der Waals surface area (Å²) in [7, 11) is 0. The number of nitrogens with one attached hydrogen (secondary N) is 2. The topological polar surface area (TPSA) is 122 Å². The van der Waals surface area contributed by atoms with Crippen LogP contribution in [-0.2, 0) is 19.1 Å². The van der Waals surface area contributed by atoms with E-state index in [2.05, 4.69) is 10.6 Å². The average Bonchev–Trinajstić information content (AvgIpc) is 3.26. The van der Waals surface area contributed by atoms with Crippen molar-refractivity contribution in [2.24, 2.45) is 0 Å². The highest BCUT2D eigenvalue weighted by Gasteiger charge is 2.52. The third-order valence-corrected chi connectivity index (χ3v) is 5.48. The van der Waals surface area contributed by atoms with Crippen LogP contribution in [0.15, 0.2) is 24.3 Å². The van der Waals surface area contributed by atoms with Crippen LogP contribution in [0.1, 0.15) is 56.3 Å². The smallest absolute Gasteiger partial charge is 0.325 e. The Bertz CT molecular complexity index is 873. The van der Waals surface area contributed by atoms with Gasteiger partial charge >= 0.3 is 12.0 Å². The van der Waals surface area contributed by atoms with Crippen molar-refractivity contribution in [2.45, 2.75) is 57.6 Å². The lowest BCUT2D eigenvalue weighted by molar-refractivity contribution is -0.153. The summed E-state index contributed by atoms with van der Waals surface area (Å²) in [6, 6.07) is 5.85. The quantitative estimate of drug-likeness (QED) is 0.399. The van der Waals surface area contributed by atoms with E-state index in [0.29, 0.717) is 24.1 Å². The SMILES string of the molecule is CC(=O)c1ccc(NC(=O)[C@H](C)OC(=O)CCN2C(=O)NC3(CCCC3)C2=O)cc1. The number of anilines is 1. The molecule has 2 N–H and O–H groups in total. The molecule has 3 rings (SSSR count). The number of imide groups is 1. The average molecular weight is 415 g/mol. The van der Waals surface area contributed by atoms with Gasteiger partial charge in [-0.05, 0) is 51.0 Å². The van der Waals surface area contributed by atoms with Crippen molar-refractivity contribution >= 4 is 35.3 Å². The molecule has 9 nitrogen and oxygen atoms in total. The van der Waals surface area contributed by atoms with Crippen molar-refractivity contribution in [3.63, 3.8) is 0 Å². The van der Waals surface area contributed by atoms with Gasteiger partial charge in [-0.1, -0.05) is 12.8 Å². The van der Waals surface area contributed by atoms with Crippen molar-refractivity contribution in [3.8, 4) is 0 Å². The fourth-order valence-electron chi connectivity index (χ4n) is 3.74. The highest BCUT2D eigenvalue weighted by molar-refractivity contribution is 6.07. The monoisotopic (exact) mass is 415 g/mol. The fourth-order valence-corrected chi connectivity index (χ4v) is 3.74. The van der Waals surface area contributed by atoms with Crippen LogP contribution in [0.2, 0.25) is 0 Å². The van der Waals surface area contributed by atoms with Crippen molar-refractivity contribution in [1.29, 1.82) is 0 Å². The predicted molar refractivity (Wildman–Crippen MR) is 107 cm³/mol. The molecule has 2 fully saturated rings. The Hall–Kier alpha value is -3.23.